The molecule has 128 valence electrons. The second-order valence-electron chi connectivity index (χ2n) is 5.83. The summed E-state index contributed by atoms with van der Waals surface area (Å²) in [5.41, 5.74) is 0.929. The van der Waals surface area contributed by atoms with E-state index in [4.69, 9.17) is 16.3 Å². The second-order valence-corrected chi connectivity index (χ2v) is 6.26. The molecule has 2 heterocycles. The number of benzene rings is 1. The largest absolute Gasteiger partial charge is 0.496 e. The maximum absolute atomic E-state index is 12.5. The Hall–Kier alpha value is -2.05. The lowest BCUT2D eigenvalue weighted by molar-refractivity contribution is -0.132. The summed E-state index contributed by atoms with van der Waals surface area (Å²) in [6.45, 7) is 3.80. The first-order chi connectivity index (χ1) is 11.7. The van der Waals surface area contributed by atoms with E-state index in [1.54, 1.807) is 19.5 Å². The highest BCUT2D eigenvalue weighted by Gasteiger charge is 2.22. The van der Waals surface area contributed by atoms with Gasteiger partial charge >= 0.3 is 0 Å². The number of para-hydroxylation sites is 1. The van der Waals surface area contributed by atoms with E-state index in [1.807, 2.05) is 33.8 Å². The van der Waals surface area contributed by atoms with Gasteiger partial charge in [-0.2, -0.15) is 5.10 Å². The number of amides is 1. The normalized spacial score (nSPS) is 15.5. The fraction of sp³-hybridized carbons (Fsp3) is 0.412. The van der Waals surface area contributed by atoms with Crippen LogP contribution < -0.4 is 4.74 Å². The lowest BCUT2D eigenvalue weighted by Crippen LogP contribution is -2.49. The number of rotatable bonds is 5. The highest BCUT2D eigenvalue weighted by atomic mass is 35.5. The van der Waals surface area contributed by atoms with Crippen molar-refractivity contribution < 1.29 is 9.53 Å². The fourth-order valence-electron chi connectivity index (χ4n) is 2.88. The zero-order chi connectivity index (χ0) is 16.9. The van der Waals surface area contributed by atoms with Gasteiger partial charge in [-0.1, -0.05) is 29.8 Å². The highest BCUT2D eigenvalue weighted by Crippen LogP contribution is 2.19. The number of hydrogen-bond donors (Lipinski definition) is 0. The molecule has 0 spiro atoms. The van der Waals surface area contributed by atoms with Gasteiger partial charge in [-0.25, -0.2) is 0 Å². The van der Waals surface area contributed by atoms with Crippen LogP contribution >= 0.6 is 11.6 Å². The molecule has 0 aliphatic carbocycles. The van der Waals surface area contributed by atoms with Crippen LogP contribution in [0.25, 0.3) is 0 Å². The van der Waals surface area contributed by atoms with Crippen molar-refractivity contribution in [2.75, 3.05) is 33.3 Å². The molecule has 1 amide bonds. The van der Waals surface area contributed by atoms with Crippen molar-refractivity contribution in [3.63, 3.8) is 0 Å². The zero-order valence-corrected chi connectivity index (χ0v) is 14.4. The molecule has 6 nitrogen and oxygen atoms in total. The molecule has 1 aromatic heterocycles. The summed E-state index contributed by atoms with van der Waals surface area (Å²) >= 11 is 5.88. The molecular weight excluding hydrogens is 328 g/mol. The third-order valence-corrected chi connectivity index (χ3v) is 4.40. The molecule has 1 aromatic carbocycles. The number of ether oxygens (including phenoxy) is 1. The first kappa shape index (κ1) is 16.8. The minimum absolute atomic E-state index is 0.140. The molecule has 1 aliphatic heterocycles. The van der Waals surface area contributed by atoms with E-state index in [-0.39, 0.29) is 5.91 Å². The standard InChI is InChI=1S/C17H21ClN4O2/c1-24-16-5-3-2-4-14(16)10-17(23)21-8-6-20(7-9-21)13-22-12-15(18)11-19-22/h2-5,11-12H,6-10,13H2,1H3. The molecule has 24 heavy (non-hydrogen) atoms. The van der Waals surface area contributed by atoms with Gasteiger partial charge in [0, 0.05) is 37.9 Å². The SMILES string of the molecule is COc1ccccc1CC(=O)N1CCN(Cn2cc(Cl)cn2)CC1. The van der Waals surface area contributed by atoms with E-state index in [0.29, 0.717) is 18.1 Å². The molecule has 0 atom stereocenters. The van der Waals surface area contributed by atoms with E-state index in [0.717, 1.165) is 37.5 Å². The first-order valence-corrected chi connectivity index (χ1v) is 8.33. The Balaban J connectivity index is 1.51. The van der Waals surface area contributed by atoms with Crippen LogP contribution in [0, 0.1) is 0 Å². The van der Waals surface area contributed by atoms with Crippen LogP contribution in [0.2, 0.25) is 5.02 Å². The van der Waals surface area contributed by atoms with Crippen molar-refractivity contribution in [2.24, 2.45) is 0 Å². The zero-order valence-electron chi connectivity index (χ0n) is 13.7. The average Bonchev–Trinajstić information content (AvgIpc) is 3.01. The minimum Gasteiger partial charge on any atom is -0.496 e. The molecule has 0 bridgehead atoms. The molecule has 1 fully saturated rings. The number of aromatic nitrogens is 2. The van der Waals surface area contributed by atoms with Crippen LogP contribution in [0.1, 0.15) is 5.56 Å². The predicted octanol–water partition coefficient (Wildman–Crippen LogP) is 1.89. The Kier molecular flexibility index (Phi) is 5.37. The molecule has 1 saturated heterocycles. The van der Waals surface area contributed by atoms with Crippen molar-refractivity contribution in [2.45, 2.75) is 13.1 Å². The maximum Gasteiger partial charge on any atom is 0.227 e. The van der Waals surface area contributed by atoms with E-state index < -0.39 is 0 Å². The van der Waals surface area contributed by atoms with Gasteiger partial charge in [-0.3, -0.25) is 14.4 Å². The number of nitrogens with zero attached hydrogens (tertiary/aromatic N) is 4. The second kappa shape index (κ2) is 7.68. The van der Waals surface area contributed by atoms with Crippen LogP contribution in [0.3, 0.4) is 0 Å². The van der Waals surface area contributed by atoms with Crippen LogP contribution in [-0.4, -0.2) is 58.8 Å². The van der Waals surface area contributed by atoms with Crippen molar-refractivity contribution in [3.8, 4) is 5.75 Å². The van der Waals surface area contributed by atoms with Gasteiger partial charge < -0.3 is 9.64 Å². The molecule has 0 unspecified atom stereocenters. The quantitative estimate of drug-likeness (QED) is 0.828. The lowest BCUT2D eigenvalue weighted by Gasteiger charge is -2.34. The number of piperazine rings is 1. The molecular formula is C17H21ClN4O2. The van der Waals surface area contributed by atoms with Crippen molar-refractivity contribution in [1.29, 1.82) is 0 Å². The summed E-state index contributed by atoms with van der Waals surface area (Å²) < 4.78 is 7.13. The van der Waals surface area contributed by atoms with Crippen LogP contribution in [0.4, 0.5) is 0 Å². The van der Waals surface area contributed by atoms with E-state index in [9.17, 15) is 4.79 Å². The summed E-state index contributed by atoms with van der Waals surface area (Å²) in [6, 6.07) is 7.66. The monoisotopic (exact) mass is 348 g/mol. The molecule has 7 heteroatoms. The van der Waals surface area contributed by atoms with Crippen molar-refractivity contribution >= 4 is 17.5 Å². The highest BCUT2D eigenvalue weighted by molar-refractivity contribution is 6.30. The molecule has 3 rings (SSSR count). The Morgan fingerprint density at radius 2 is 2.00 bits per heavy atom. The lowest BCUT2D eigenvalue weighted by atomic mass is 10.1. The molecule has 0 N–H and O–H groups in total. The number of methoxy groups -OCH3 is 1. The van der Waals surface area contributed by atoms with Crippen molar-refractivity contribution in [1.82, 2.24) is 19.6 Å². The van der Waals surface area contributed by atoms with E-state index in [2.05, 4.69) is 10.00 Å². The average molecular weight is 349 g/mol. The summed E-state index contributed by atoms with van der Waals surface area (Å²) in [5, 5.41) is 4.83. The van der Waals surface area contributed by atoms with Crippen molar-refractivity contribution in [3.05, 3.63) is 47.2 Å². The Morgan fingerprint density at radius 3 is 2.67 bits per heavy atom. The third-order valence-electron chi connectivity index (χ3n) is 4.21. The van der Waals surface area contributed by atoms with Gasteiger partial charge in [0.1, 0.15) is 5.75 Å². The molecule has 2 aromatic rings. The third kappa shape index (κ3) is 4.07. The number of carbonyl (C=O) groups excluding carboxylic acids is 1. The van der Waals surface area contributed by atoms with Gasteiger partial charge in [0.05, 0.1) is 31.4 Å². The summed E-state index contributed by atoms with van der Waals surface area (Å²) in [7, 11) is 1.63. The Labute approximate surface area is 146 Å². The van der Waals surface area contributed by atoms with Gasteiger partial charge in [0.25, 0.3) is 0 Å². The van der Waals surface area contributed by atoms with Crippen LogP contribution in [0.5, 0.6) is 5.75 Å². The van der Waals surface area contributed by atoms with E-state index in [1.165, 1.54) is 0 Å². The summed E-state index contributed by atoms with van der Waals surface area (Å²) in [4.78, 5) is 16.7. The van der Waals surface area contributed by atoms with Gasteiger partial charge in [0.15, 0.2) is 0 Å². The number of hydrogen-bond acceptors (Lipinski definition) is 4. The molecule has 0 radical (unpaired) electrons. The smallest absolute Gasteiger partial charge is 0.227 e. The van der Waals surface area contributed by atoms with Crippen LogP contribution in [-0.2, 0) is 17.9 Å². The topological polar surface area (TPSA) is 50.6 Å². The maximum atomic E-state index is 12.5. The fourth-order valence-corrected chi connectivity index (χ4v) is 3.04. The summed E-state index contributed by atoms with van der Waals surface area (Å²) in [6.07, 6.45) is 3.81. The Bertz CT molecular complexity index is 695. The number of halogens is 1. The molecule has 1 aliphatic rings. The number of carbonyl (C=O) groups is 1. The van der Waals surface area contributed by atoms with Crippen LogP contribution in [0.15, 0.2) is 36.7 Å². The minimum atomic E-state index is 0.140. The predicted molar refractivity (Wildman–Crippen MR) is 92.1 cm³/mol. The molecule has 0 saturated carbocycles. The van der Waals surface area contributed by atoms with E-state index >= 15 is 0 Å². The first-order valence-electron chi connectivity index (χ1n) is 7.95. The van der Waals surface area contributed by atoms with Gasteiger partial charge in [-0.05, 0) is 6.07 Å². The summed E-state index contributed by atoms with van der Waals surface area (Å²) in [5.74, 6) is 0.904. The van der Waals surface area contributed by atoms with Gasteiger partial charge in [0.2, 0.25) is 5.91 Å². The van der Waals surface area contributed by atoms with Gasteiger partial charge in [-0.15, -0.1) is 0 Å². The Morgan fingerprint density at radius 1 is 1.25 bits per heavy atom.